The molecule has 20 heavy (non-hydrogen) atoms. The molecule has 1 fully saturated rings. The van der Waals surface area contributed by atoms with Crippen LogP contribution in [0.2, 0.25) is 0 Å². The second-order valence-electron chi connectivity index (χ2n) is 4.78. The Kier molecular flexibility index (Phi) is 8.02. The number of hydrogen-bond donors (Lipinski definition) is 1. The van der Waals surface area contributed by atoms with Gasteiger partial charge in [-0.1, -0.05) is 0 Å². The summed E-state index contributed by atoms with van der Waals surface area (Å²) < 4.78 is 5.31. The van der Waals surface area contributed by atoms with Crippen LogP contribution in [0.25, 0.3) is 0 Å². The minimum absolute atomic E-state index is 0.156. The number of guanidine groups is 1. The normalized spacial score (nSPS) is 16.4. The molecule has 0 bridgehead atoms. The van der Waals surface area contributed by atoms with E-state index in [9.17, 15) is 4.79 Å². The lowest BCUT2D eigenvalue weighted by atomic mass is 10.3. The number of nitrogens with zero attached hydrogens (tertiary/aromatic N) is 3. The van der Waals surface area contributed by atoms with E-state index in [4.69, 9.17) is 4.74 Å². The Morgan fingerprint density at radius 2 is 1.85 bits per heavy atom. The highest BCUT2D eigenvalue weighted by Crippen LogP contribution is 2.03. The van der Waals surface area contributed by atoms with Crippen molar-refractivity contribution in [3.8, 4) is 0 Å². The molecule has 0 atom stereocenters. The summed E-state index contributed by atoms with van der Waals surface area (Å²) in [6, 6.07) is 0. The largest absolute Gasteiger partial charge is 0.382 e. The third-order valence-electron chi connectivity index (χ3n) is 3.27. The van der Waals surface area contributed by atoms with Crippen molar-refractivity contribution in [1.82, 2.24) is 15.1 Å². The van der Waals surface area contributed by atoms with Gasteiger partial charge in [-0.25, -0.2) is 0 Å². The van der Waals surface area contributed by atoms with Gasteiger partial charge in [-0.05, 0) is 20.3 Å². The van der Waals surface area contributed by atoms with Gasteiger partial charge >= 0.3 is 0 Å². The molecule has 1 heterocycles. The van der Waals surface area contributed by atoms with Gasteiger partial charge in [-0.3, -0.25) is 9.79 Å². The fourth-order valence-corrected chi connectivity index (χ4v) is 2.15. The topological polar surface area (TPSA) is 57.2 Å². The van der Waals surface area contributed by atoms with E-state index in [0.717, 1.165) is 64.9 Å². The lowest BCUT2D eigenvalue weighted by molar-refractivity contribution is -0.130. The highest BCUT2D eigenvalue weighted by atomic mass is 16.5. The molecule has 6 nitrogen and oxygen atoms in total. The maximum atomic E-state index is 11.3. The zero-order chi connectivity index (χ0) is 14.8. The molecule has 1 saturated heterocycles. The van der Waals surface area contributed by atoms with Gasteiger partial charge in [0.15, 0.2) is 5.96 Å². The van der Waals surface area contributed by atoms with Crippen molar-refractivity contribution in [2.75, 3.05) is 52.5 Å². The van der Waals surface area contributed by atoms with Crippen molar-refractivity contribution in [1.29, 1.82) is 0 Å². The number of carbonyl (C=O) groups is 1. The molecule has 0 unspecified atom stereocenters. The maximum Gasteiger partial charge on any atom is 0.219 e. The molecule has 0 aromatic rings. The van der Waals surface area contributed by atoms with E-state index < -0.39 is 0 Å². The first kappa shape index (κ1) is 16.8. The minimum atomic E-state index is 0.156. The summed E-state index contributed by atoms with van der Waals surface area (Å²) in [6.07, 6.45) is 0.941. The molecular formula is C14H28N4O2. The van der Waals surface area contributed by atoms with Crippen LogP contribution in [0.4, 0.5) is 0 Å². The Morgan fingerprint density at radius 3 is 2.40 bits per heavy atom. The summed E-state index contributed by atoms with van der Waals surface area (Å²) in [7, 11) is 0. The highest BCUT2D eigenvalue weighted by molar-refractivity contribution is 5.80. The van der Waals surface area contributed by atoms with Crippen molar-refractivity contribution < 1.29 is 9.53 Å². The lowest BCUT2D eigenvalue weighted by Gasteiger charge is -2.36. The SMILES string of the molecule is CCNC(=NCCCOCC)N1CCN(C(C)=O)CC1. The summed E-state index contributed by atoms with van der Waals surface area (Å²) in [6.45, 7) is 12.1. The van der Waals surface area contributed by atoms with Crippen LogP contribution >= 0.6 is 0 Å². The van der Waals surface area contributed by atoms with Gasteiger partial charge < -0.3 is 19.9 Å². The summed E-state index contributed by atoms with van der Waals surface area (Å²) in [5.74, 6) is 1.11. The summed E-state index contributed by atoms with van der Waals surface area (Å²) in [5, 5.41) is 3.32. The highest BCUT2D eigenvalue weighted by Gasteiger charge is 2.20. The van der Waals surface area contributed by atoms with E-state index in [0.29, 0.717) is 0 Å². The molecule has 1 aliphatic rings. The average Bonchev–Trinajstić information content (AvgIpc) is 2.46. The van der Waals surface area contributed by atoms with Crippen molar-refractivity contribution in [3.63, 3.8) is 0 Å². The van der Waals surface area contributed by atoms with Crippen LogP contribution in [0, 0.1) is 0 Å². The molecule has 1 N–H and O–H groups in total. The molecule has 0 aliphatic carbocycles. The quantitative estimate of drug-likeness (QED) is 0.439. The molecule has 0 saturated carbocycles. The van der Waals surface area contributed by atoms with Gasteiger partial charge in [-0.15, -0.1) is 0 Å². The fourth-order valence-electron chi connectivity index (χ4n) is 2.15. The number of hydrogen-bond acceptors (Lipinski definition) is 3. The predicted molar refractivity (Wildman–Crippen MR) is 80.9 cm³/mol. The van der Waals surface area contributed by atoms with Gasteiger partial charge in [0.25, 0.3) is 0 Å². The first-order valence-electron chi connectivity index (χ1n) is 7.55. The number of amides is 1. The molecule has 1 aliphatic heterocycles. The number of piperazine rings is 1. The fraction of sp³-hybridized carbons (Fsp3) is 0.857. The van der Waals surface area contributed by atoms with E-state index in [1.54, 1.807) is 6.92 Å². The minimum Gasteiger partial charge on any atom is -0.382 e. The third kappa shape index (κ3) is 5.77. The molecule has 0 aromatic carbocycles. The van der Waals surface area contributed by atoms with Crippen LogP contribution in [0.5, 0.6) is 0 Å². The second kappa shape index (κ2) is 9.58. The molecule has 0 spiro atoms. The summed E-state index contributed by atoms with van der Waals surface area (Å²) in [4.78, 5) is 20.1. The van der Waals surface area contributed by atoms with Crippen LogP contribution in [0.15, 0.2) is 4.99 Å². The number of carbonyl (C=O) groups excluding carboxylic acids is 1. The molecule has 6 heteroatoms. The first-order valence-corrected chi connectivity index (χ1v) is 7.55. The van der Waals surface area contributed by atoms with E-state index in [2.05, 4.69) is 22.1 Å². The summed E-state index contributed by atoms with van der Waals surface area (Å²) >= 11 is 0. The Morgan fingerprint density at radius 1 is 1.20 bits per heavy atom. The van der Waals surface area contributed by atoms with Crippen molar-refractivity contribution in [3.05, 3.63) is 0 Å². The van der Waals surface area contributed by atoms with Crippen LogP contribution in [-0.2, 0) is 9.53 Å². The van der Waals surface area contributed by atoms with Crippen molar-refractivity contribution in [2.24, 2.45) is 4.99 Å². The van der Waals surface area contributed by atoms with Crippen LogP contribution in [0.3, 0.4) is 0 Å². The zero-order valence-corrected chi connectivity index (χ0v) is 13.0. The molecule has 0 radical (unpaired) electrons. The number of ether oxygens (including phenoxy) is 1. The Bertz CT molecular complexity index is 312. The van der Waals surface area contributed by atoms with E-state index >= 15 is 0 Å². The number of rotatable bonds is 6. The monoisotopic (exact) mass is 284 g/mol. The van der Waals surface area contributed by atoms with E-state index in [-0.39, 0.29) is 5.91 Å². The third-order valence-corrected chi connectivity index (χ3v) is 3.27. The zero-order valence-electron chi connectivity index (χ0n) is 13.0. The van der Waals surface area contributed by atoms with Crippen molar-refractivity contribution >= 4 is 11.9 Å². The Hall–Kier alpha value is -1.30. The Balaban J connectivity index is 2.41. The molecule has 116 valence electrons. The molecular weight excluding hydrogens is 256 g/mol. The standard InChI is InChI=1S/C14H28N4O2/c1-4-15-14(16-7-6-12-20-5-2)18-10-8-17(9-11-18)13(3)19/h4-12H2,1-3H3,(H,15,16). The van der Waals surface area contributed by atoms with Crippen molar-refractivity contribution in [2.45, 2.75) is 27.2 Å². The van der Waals surface area contributed by atoms with E-state index in [1.165, 1.54) is 0 Å². The molecule has 1 amide bonds. The molecule has 0 aromatic heterocycles. The van der Waals surface area contributed by atoms with Gasteiger partial charge in [0.05, 0.1) is 0 Å². The smallest absolute Gasteiger partial charge is 0.219 e. The van der Waals surface area contributed by atoms with Gasteiger partial charge in [-0.2, -0.15) is 0 Å². The lowest BCUT2D eigenvalue weighted by Crippen LogP contribution is -2.53. The van der Waals surface area contributed by atoms with E-state index in [1.807, 2.05) is 11.8 Å². The van der Waals surface area contributed by atoms with Crippen LogP contribution in [-0.4, -0.2) is 74.1 Å². The van der Waals surface area contributed by atoms with Crippen LogP contribution < -0.4 is 5.32 Å². The summed E-state index contributed by atoms with van der Waals surface area (Å²) in [5.41, 5.74) is 0. The number of aliphatic imine (C=N–C) groups is 1. The Labute approximate surface area is 122 Å². The second-order valence-corrected chi connectivity index (χ2v) is 4.78. The molecule has 1 rings (SSSR count). The van der Waals surface area contributed by atoms with Gasteiger partial charge in [0.1, 0.15) is 0 Å². The van der Waals surface area contributed by atoms with Crippen LogP contribution in [0.1, 0.15) is 27.2 Å². The number of nitrogens with one attached hydrogen (secondary N) is 1. The van der Waals surface area contributed by atoms with Gasteiger partial charge in [0.2, 0.25) is 5.91 Å². The first-order chi connectivity index (χ1) is 9.69. The maximum absolute atomic E-state index is 11.3. The predicted octanol–water partition coefficient (Wildman–Crippen LogP) is 0.543. The van der Waals surface area contributed by atoms with Gasteiger partial charge in [0, 0.05) is 59.4 Å². The average molecular weight is 284 g/mol.